The molecular formula is C15H19N3. The van der Waals surface area contributed by atoms with Crippen LogP contribution in [0.2, 0.25) is 0 Å². The average molecular weight is 241 g/mol. The summed E-state index contributed by atoms with van der Waals surface area (Å²) >= 11 is 0. The maximum atomic E-state index is 4.62. The van der Waals surface area contributed by atoms with Crippen molar-refractivity contribution in [2.45, 2.75) is 40.2 Å². The number of hydrogen-bond acceptors (Lipinski definition) is 1. The number of aryl methyl sites for hydroxylation is 3. The standard InChI is InChI=1S/C15H19N3/c1-4-5-8-18-9-16-15-13(18)7-6-12-14(15)10(2)11(3)17-12/h6-7,9,17H,4-5,8H2,1-3H3. The summed E-state index contributed by atoms with van der Waals surface area (Å²) < 4.78 is 2.26. The highest BCUT2D eigenvalue weighted by Crippen LogP contribution is 2.28. The Kier molecular flexibility index (Phi) is 2.62. The van der Waals surface area contributed by atoms with Crippen molar-refractivity contribution in [3.05, 3.63) is 29.7 Å². The van der Waals surface area contributed by atoms with E-state index < -0.39 is 0 Å². The molecule has 0 fully saturated rings. The molecule has 18 heavy (non-hydrogen) atoms. The van der Waals surface area contributed by atoms with Gasteiger partial charge in [0.25, 0.3) is 0 Å². The van der Waals surface area contributed by atoms with E-state index in [0.29, 0.717) is 0 Å². The van der Waals surface area contributed by atoms with E-state index in [1.165, 1.54) is 40.5 Å². The Morgan fingerprint density at radius 3 is 2.89 bits per heavy atom. The third kappa shape index (κ3) is 1.54. The fourth-order valence-electron chi connectivity index (χ4n) is 2.61. The zero-order valence-electron chi connectivity index (χ0n) is 11.2. The highest BCUT2D eigenvalue weighted by molar-refractivity contribution is 6.05. The van der Waals surface area contributed by atoms with Crippen LogP contribution in [0.5, 0.6) is 0 Å². The van der Waals surface area contributed by atoms with Crippen LogP contribution in [0.3, 0.4) is 0 Å². The highest BCUT2D eigenvalue weighted by atomic mass is 15.0. The molecule has 0 atom stereocenters. The Hall–Kier alpha value is -1.77. The average Bonchev–Trinajstić information content (AvgIpc) is 2.89. The minimum Gasteiger partial charge on any atom is -0.358 e. The van der Waals surface area contributed by atoms with Crippen molar-refractivity contribution in [3.8, 4) is 0 Å². The van der Waals surface area contributed by atoms with Crippen LogP contribution in [0.1, 0.15) is 31.0 Å². The van der Waals surface area contributed by atoms with E-state index in [9.17, 15) is 0 Å². The molecule has 2 heterocycles. The van der Waals surface area contributed by atoms with Gasteiger partial charge in [-0.3, -0.25) is 0 Å². The van der Waals surface area contributed by atoms with Crippen LogP contribution < -0.4 is 0 Å². The summed E-state index contributed by atoms with van der Waals surface area (Å²) in [5.74, 6) is 0. The number of hydrogen-bond donors (Lipinski definition) is 1. The molecule has 0 aliphatic carbocycles. The number of imidazole rings is 1. The molecule has 0 unspecified atom stereocenters. The highest BCUT2D eigenvalue weighted by Gasteiger charge is 2.11. The van der Waals surface area contributed by atoms with E-state index in [2.05, 4.69) is 47.4 Å². The lowest BCUT2D eigenvalue weighted by molar-refractivity contribution is 0.646. The van der Waals surface area contributed by atoms with Gasteiger partial charge in [0.2, 0.25) is 0 Å². The summed E-state index contributed by atoms with van der Waals surface area (Å²) in [6, 6.07) is 4.34. The van der Waals surface area contributed by atoms with E-state index in [4.69, 9.17) is 0 Å². The molecule has 94 valence electrons. The first kappa shape index (κ1) is 11.3. The van der Waals surface area contributed by atoms with Crippen molar-refractivity contribution < 1.29 is 0 Å². The van der Waals surface area contributed by atoms with Gasteiger partial charge in [-0.25, -0.2) is 4.98 Å². The third-order valence-corrected chi connectivity index (χ3v) is 3.80. The second-order valence-corrected chi connectivity index (χ2v) is 5.02. The van der Waals surface area contributed by atoms with Gasteiger partial charge in [-0.1, -0.05) is 13.3 Å². The molecular weight excluding hydrogens is 222 g/mol. The zero-order chi connectivity index (χ0) is 12.7. The van der Waals surface area contributed by atoms with Crippen LogP contribution in [0, 0.1) is 13.8 Å². The normalized spacial score (nSPS) is 11.7. The number of nitrogens with one attached hydrogen (secondary N) is 1. The third-order valence-electron chi connectivity index (χ3n) is 3.80. The molecule has 3 rings (SSSR count). The molecule has 0 aliphatic heterocycles. The first-order valence-electron chi connectivity index (χ1n) is 6.65. The van der Waals surface area contributed by atoms with Crippen LogP contribution >= 0.6 is 0 Å². The van der Waals surface area contributed by atoms with Crippen molar-refractivity contribution in [3.63, 3.8) is 0 Å². The topological polar surface area (TPSA) is 33.6 Å². The molecule has 0 saturated carbocycles. The maximum absolute atomic E-state index is 4.62. The minimum atomic E-state index is 1.06. The van der Waals surface area contributed by atoms with Crippen molar-refractivity contribution in [2.75, 3.05) is 0 Å². The van der Waals surface area contributed by atoms with Gasteiger partial charge in [0.1, 0.15) is 0 Å². The first-order valence-corrected chi connectivity index (χ1v) is 6.65. The summed E-state index contributed by atoms with van der Waals surface area (Å²) in [6.45, 7) is 7.56. The van der Waals surface area contributed by atoms with Crippen molar-refractivity contribution in [1.82, 2.24) is 14.5 Å². The van der Waals surface area contributed by atoms with Gasteiger partial charge in [0.15, 0.2) is 0 Å². The summed E-state index contributed by atoms with van der Waals surface area (Å²) in [5, 5.41) is 1.28. The molecule has 0 aliphatic rings. The van der Waals surface area contributed by atoms with Gasteiger partial charge in [0.05, 0.1) is 17.4 Å². The number of nitrogens with zero attached hydrogens (tertiary/aromatic N) is 2. The molecule has 0 amide bonds. The lowest BCUT2D eigenvalue weighted by atomic mass is 10.1. The minimum absolute atomic E-state index is 1.06. The van der Waals surface area contributed by atoms with E-state index >= 15 is 0 Å². The fraction of sp³-hybridized carbons (Fsp3) is 0.400. The number of aromatic nitrogens is 3. The predicted octanol–water partition coefficient (Wildman–Crippen LogP) is 3.93. The number of H-pyrrole nitrogens is 1. The fourth-order valence-corrected chi connectivity index (χ4v) is 2.61. The van der Waals surface area contributed by atoms with E-state index in [1.807, 2.05) is 6.33 Å². The number of fused-ring (bicyclic) bond motifs is 3. The largest absolute Gasteiger partial charge is 0.358 e. The van der Waals surface area contributed by atoms with Crippen molar-refractivity contribution in [2.24, 2.45) is 0 Å². The van der Waals surface area contributed by atoms with Gasteiger partial charge in [-0.05, 0) is 38.0 Å². The molecule has 1 aromatic carbocycles. The van der Waals surface area contributed by atoms with Crippen LogP contribution in [-0.4, -0.2) is 14.5 Å². The lowest BCUT2D eigenvalue weighted by Gasteiger charge is -2.02. The molecule has 0 spiro atoms. The van der Waals surface area contributed by atoms with Crippen LogP contribution in [0.4, 0.5) is 0 Å². The van der Waals surface area contributed by atoms with Gasteiger partial charge in [0, 0.05) is 23.1 Å². The summed E-state index contributed by atoms with van der Waals surface area (Å²) in [4.78, 5) is 8.04. The summed E-state index contributed by atoms with van der Waals surface area (Å²) in [6.07, 6.45) is 4.39. The first-order chi connectivity index (χ1) is 8.72. The Morgan fingerprint density at radius 1 is 1.28 bits per heavy atom. The molecule has 0 bridgehead atoms. The van der Waals surface area contributed by atoms with Crippen LogP contribution in [-0.2, 0) is 6.54 Å². The van der Waals surface area contributed by atoms with Gasteiger partial charge < -0.3 is 9.55 Å². The molecule has 0 saturated heterocycles. The maximum Gasteiger partial charge on any atom is 0.0981 e. The van der Waals surface area contributed by atoms with Crippen LogP contribution in [0.25, 0.3) is 21.9 Å². The second-order valence-electron chi connectivity index (χ2n) is 5.02. The van der Waals surface area contributed by atoms with E-state index in [0.717, 1.165) is 12.1 Å². The quantitative estimate of drug-likeness (QED) is 0.740. The Labute approximate surface area is 107 Å². The molecule has 0 radical (unpaired) electrons. The molecule has 3 heteroatoms. The molecule has 1 N–H and O–H groups in total. The Bertz CT molecular complexity index is 703. The molecule has 3 aromatic rings. The Morgan fingerprint density at radius 2 is 2.11 bits per heavy atom. The van der Waals surface area contributed by atoms with E-state index in [1.54, 1.807) is 0 Å². The number of benzene rings is 1. The number of unbranched alkanes of at least 4 members (excludes halogenated alkanes) is 1. The summed E-state index contributed by atoms with van der Waals surface area (Å²) in [5.41, 5.74) is 6.12. The molecule has 2 aromatic heterocycles. The monoisotopic (exact) mass is 241 g/mol. The molecule has 3 nitrogen and oxygen atoms in total. The van der Waals surface area contributed by atoms with Crippen molar-refractivity contribution in [1.29, 1.82) is 0 Å². The zero-order valence-corrected chi connectivity index (χ0v) is 11.2. The second kappa shape index (κ2) is 4.16. The Balaban J connectivity index is 2.25. The van der Waals surface area contributed by atoms with Gasteiger partial charge in [-0.2, -0.15) is 0 Å². The van der Waals surface area contributed by atoms with Crippen LogP contribution in [0.15, 0.2) is 18.5 Å². The number of aromatic amines is 1. The number of rotatable bonds is 3. The lowest BCUT2D eigenvalue weighted by Crippen LogP contribution is -1.94. The van der Waals surface area contributed by atoms with Crippen molar-refractivity contribution >= 4 is 21.9 Å². The van der Waals surface area contributed by atoms with Gasteiger partial charge >= 0.3 is 0 Å². The SMILES string of the molecule is CCCCn1cnc2c3c(C)c(C)[nH]c3ccc21. The smallest absolute Gasteiger partial charge is 0.0981 e. The van der Waals surface area contributed by atoms with Gasteiger partial charge in [-0.15, -0.1) is 0 Å². The predicted molar refractivity (Wildman–Crippen MR) is 76.0 cm³/mol. The van der Waals surface area contributed by atoms with E-state index in [-0.39, 0.29) is 0 Å². The summed E-state index contributed by atoms with van der Waals surface area (Å²) in [7, 11) is 0.